The minimum absolute atomic E-state index is 0.103. The lowest BCUT2D eigenvalue weighted by atomic mass is 10.1. The van der Waals surface area contributed by atoms with E-state index in [0.29, 0.717) is 6.42 Å². The molecule has 0 bridgehead atoms. The monoisotopic (exact) mass is 350 g/mol. The Labute approximate surface area is 143 Å². The number of nitrogens with one attached hydrogen (secondary N) is 2. The van der Waals surface area contributed by atoms with E-state index < -0.39 is 12.1 Å². The molecular weight excluding hydrogens is 333 g/mol. The molecule has 0 heterocycles. The third-order valence-electron chi connectivity index (χ3n) is 3.43. The maximum absolute atomic E-state index is 12.4. The standard InChI is InChI=1S/C18H17F3N2O2/c1-12-5-4-6-13(11-12)9-10-16(24)22-14-7-2-3-8-15(14)23-17(25)18(19,20)21/h2-8,11H,9-10H2,1H3,(H,22,24)(H,23,25). The lowest BCUT2D eigenvalue weighted by Gasteiger charge is -2.13. The number of halogens is 3. The molecule has 0 atom stereocenters. The van der Waals surface area contributed by atoms with Crippen LogP contribution in [-0.4, -0.2) is 18.0 Å². The van der Waals surface area contributed by atoms with Gasteiger partial charge < -0.3 is 10.6 Å². The van der Waals surface area contributed by atoms with Gasteiger partial charge in [0.15, 0.2) is 0 Å². The largest absolute Gasteiger partial charge is 0.471 e. The van der Waals surface area contributed by atoms with Crippen LogP contribution < -0.4 is 10.6 Å². The molecule has 2 N–H and O–H groups in total. The van der Waals surface area contributed by atoms with Crippen LogP contribution >= 0.6 is 0 Å². The first kappa shape index (κ1) is 18.5. The average Bonchev–Trinajstić information content (AvgIpc) is 2.54. The number of alkyl halides is 3. The minimum atomic E-state index is -5.00. The van der Waals surface area contributed by atoms with Crippen molar-refractivity contribution in [2.45, 2.75) is 25.9 Å². The molecule has 2 amide bonds. The van der Waals surface area contributed by atoms with Gasteiger partial charge in [-0.3, -0.25) is 9.59 Å². The van der Waals surface area contributed by atoms with Crippen LogP contribution in [0.15, 0.2) is 48.5 Å². The van der Waals surface area contributed by atoms with E-state index in [1.165, 1.54) is 18.2 Å². The van der Waals surface area contributed by atoms with Crippen LogP contribution in [0.1, 0.15) is 17.5 Å². The van der Waals surface area contributed by atoms with Gasteiger partial charge in [-0.2, -0.15) is 13.2 Å². The summed E-state index contributed by atoms with van der Waals surface area (Å²) in [7, 11) is 0. The van der Waals surface area contributed by atoms with Crippen molar-refractivity contribution >= 4 is 23.2 Å². The Kier molecular flexibility index (Phi) is 5.80. The van der Waals surface area contributed by atoms with E-state index >= 15 is 0 Å². The summed E-state index contributed by atoms with van der Waals surface area (Å²) in [6.45, 7) is 1.95. The van der Waals surface area contributed by atoms with Gasteiger partial charge in [0.2, 0.25) is 5.91 Å². The Hall–Kier alpha value is -2.83. The van der Waals surface area contributed by atoms with Gasteiger partial charge in [0.05, 0.1) is 11.4 Å². The number of benzene rings is 2. The molecule has 4 nitrogen and oxygen atoms in total. The highest BCUT2D eigenvalue weighted by Gasteiger charge is 2.39. The van der Waals surface area contributed by atoms with Crippen LogP contribution in [-0.2, 0) is 16.0 Å². The second kappa shape index (κ2) is 7.83. The zero-order valence-electron chi connectivity index (χ0n) is 13.5. The first-order valence-corrected chi connectivity index (χ1v) is 7.58. The summed E-state index contributed by atoms with van der Waals surface area (Å²) >= 11 is 0. The number of para-hydroxylation sites is 2. The molecule has 7 heteroatoms. The second-order valence-electron chi connectivity index (χ2n) is 5.53. The van der Waals surface area contributed by atoms with Crippen molar-refractivity contribution in [3.05, 3.63) is 59.7 Å². The molecule has 0 radical (unpaired) electrons. The van der Waals surface area contributed by atoms with Crippen LogP contribution in [0.3, 0.4) is 0 Å². The Morgan fingerprint density at radius 3 is 2.20 bits per heavy atom. The predicted molar refractivity (Wildman–Crippen MR) is 89.3 cm³/mol. The first-order valence-electron chi connectivity index (χ1n) is 7.58. The molecular formula is C18H17F3N2O2. The van der Waals surface area contributed by atoms with Gasteiger partial charge in [-0.1, -0.05) is 42.0 Å². The fraction of sp³-hybridized carbons (Fsp3) is 0.222. The van der Waals surface area contributed by atoms with Crippen molar-refractivity contribution < 1.29 is 22.8 Å². The summed E-state index contributed by atoms with van der Waals surface area (Å²) in [5.41, 5.74) is 2.09. The van der Waals surface area contributed by atoms with Crippen molar-refractivity contribution in [1.29, 1.82) is 0 Å². The number of aryl methyl sites for hydroxylation is 2. The third-order valence-corrected chi connectivity index (χ3v) is 3.43. The smallest absolute Gasteiger partial charge is 0.324 e. The molecule has 0 saturated carbocycles. The molecule has 2 aromatic carbocycles. The van der Waals surface area contributed by atoms with Gasteiger partial charge in [-0.05, 0) is 31.0 Å². The van der Waals surface area contributed by atoms with Crippen LogP contribution in [0.2, 0.25) is 0 Å². The van der Waals surface area contributed by atoms with Crippen molar-refractivity contribution in [2.75, 3.05) is 10.6 Å². The highest BCUT2D eigenvalue weighted by molar-refractivity contribution is 6.01. The molecule has 25 heavy (non-hydrogen) atoms. The molecule has 0 aliphatic rings. The van der Waals surface area contributed by atoms with Crippen LogP contribution in [0.4, 0.5) is 24.5 Å². The lowest BCUT2D eigenvalue weighted by molar-refractivity contribution is -0.167. The Balaban J connectivity index is 2.00. The van der Waals surface area contributed by atoms with Crippen molar-refractivity contribution in [3.8, 4) is 0 Å². The normalized spacial score (nSPS) is 11.0. The van der Waals surface area contributed by atoms with Gasteiger partial charge >= 0.3 is 12.1 Å². The second-order valence-corrected chi connectivity index (χ2v) is 5.53. The van der Waals surface area contributed by atoms with E-state index in [1.54, 1.807) is 11.4 Å². The molecule has 132 valence electrons. The SMILES string of the molecule is Cc1cccc(CCC(=O)Nc2ccccc2NC(=O)C(F)(F)F)c1. The molecule has 0 aromatic heterocycles. The molecule has 0 spiro atoms. The molecule has 2 aromatic rings. The highest BCUT2D eigenvalue weighted by Crippen LogP contribution is 2.24. The van der Waals surface area contributed by atoms with Crippen molar-refractivity contribution in [3.63, 3.8) is 0 Å². The lowest BCUT2D eigenvalue weighted by Crippen LogP contribution is -2.30. The topological polar surface area (TPSA) is 58.2 Å². The Bertz CT molecular complexity index is 773. The molecule has 0 aliphatic heterocycles. The van der Waals surface area contributed by atoms with Gasteiger partial charge in [0.1, 0.15) is 0 Å². The molecule has 0 aliphatic carbocycles. The molecule has 0 fully saturated rings. The number of hydrogen-bond donors (Lipinski definition) is 2. The van der Waals surface area contributed by atoms with E-state index in [9.17, 15) is 22.8 Å². The van der Waals surface area contributed by atoms with E-state index in [4.69, 9.17) is 0 Å². The number of anilines is 2. The number of carbonyl (C=O) groups excluding carboxylic acids is 2. The van der Waals surface area contributed by atoms with Crippen LogP contribution in [0, 0.1) is 6.92 Å². The fourth-order valence-electron chi connectivity index (χ4n) is 2.23. The summed E-state index contributed by atoms with van der Waals surface area (Å²) in [6.07, 6.45) is -4.32. The maximum Gasteiger partial charge on any atom is 0.471 e. The predicted octanol–water partition coefficient (Wildman–Crippen LogP) is 4.07. The van der Waals surface area contributed by atoms with Gasteiger partial charge in [-0.25, -0.2) is 0 Å². The van der Waals surface area contributed by atoms with E-state index in [1.807, 2.05) is 31.2 Å². The quantitative estimate of drug-likeness (QED) is 0.854. The number of rotatable bonds is 5. The zero-order valence-corrected chi connectivity index (χ0v) is 13.5. The summed E-state index contributed by atoms with van der Waals surface area (Å²) in [6, 6.07) is 13.4. The van der Waals surface area contributed by atoms with Gasteiger partial charge in [0, 0.05) is 6.42 Å². The van der Waals surface area contributed by atoms with Crippen molar-refractivity contribution in [2.24, 2.45) is 0 Å². The maximum atomic E-state index is 12.4. The summed E-state index contributed by atoms with van der Waals surface area (Å²) < 4.78 is 37.1. The molecule has 0 saturated heterocycles. The Morgan fingerprint density at radius 2 is 1.60 bits per heavy atom. The van der Waals surface area contributed by atoms with E-state index in [0.717, 1.165) is 11.1 Å². The summed E-state index contributed by atoms with van der Waals surface area (Å²) in [5, 5.41) is 4.29. The van der Waals surface area contributed by atoms with Crippen LogP contribution in [0.5, 0.6) is 0 Å². The molecule has 0 unspecified atom stereocenters. The Morgan fingerprint density at radius 1 is 0.960 bits per heavy atom. The average molecular weight is 350 g/mol. The van der Waals surface area contributed by atoms with Crippen LogP contribution in [0.25, 0.3) is 0 Å². The molecule has 2 rings (SSSR count). The van der Waals surface area contributed by atoms with E-state index in [2.05, 4.69) is 5.32 Å². The van der Waals surface area contributed by atoms with Crippen molar-refractivity contribution in [1.82, 2.24) is 0 Å². The number of hydrogen-bond acceptors (Lipinski definition) is 2. The highest BCUT2D eigenvalue weighted by atomic mass is 19.4. The number of amides is 2. The minimum Gasteiger partial charge on any atom is -0.324 e. The summed E-state index contributed by atoms with van der Waals surface area (Å²) in [4.78, 5) is 23.1. The fourth-order valence-corrected chi connectivity index (χ4v) is 2.23. The summed E-state index contributed by atoms with van der Waals surface area (Å²) in [5.74, 6) is -2.44. The number of carbonyl (C=O) groups is 2. The first-order chi connectivity index (χ1) is 11.8. The van der Waals surface area contributed by atoms with E-state index in [-0.39, 0.29) is 23.7 Å². The zero-order chi connectivity index (χ0) is 18.4. The van der Waals surface area contributed by atoms with Gasteiger partial charge in [0.25, 0.3) is 0 Å². The van der Waals surface area contributed by atoms with Gasteiger partial charge in [-0.15, -0.1) is 0 Å². The third kappa shape index (κ3) is 5.63.